The van der Waals surface area contributed by atoms with Crippen molar-refractivity contribution in [3.63, 3.8) is 0 Å². The second-order valence-corrected chi connectivity index (χ2v) is 8.12. The van der Waals surface area contributed by atoms with Gasteiger partial charge in [-0.05, 0) is 60.4 Å². The number of aryl methyl sites for hydroxylation is 1. The molecule has 1 N–H and O–H groups in total. The van der Waals surface area contributed by atoms with E-state index in [0.29, 0.717) is 36.5 Å². The minimum absolute atomic E-state index is 0.121. The normalized spacial score (nSPS) is 16.2. The van der Waals surface area contributed by atoms with Crippen molar-refractivity contribution in [2.75, 3.05) is 16.2 Å². The van der Waals surface area contributed by atoms with Crippen LogP contribution in [-0.2, 0) is 27.7 Å². The molecule has 0 saturated carbocycles. The third-order valence-corrected chi connectivity index (χ3v) is 6.04. The Morgan fingerprint density at radius 3 is 2.38 bits per heavy atom. The minimum Gasteiger partial charge on any atom is -0.312 e. The number of amides is 1. The Labute approximate surface area is 145 Å². The molecule has 124 valence electrons. The van der Waals surface area contributed by atoms with Gasteiger partial charge in [-0.2, -0.15) is 0 Å². The number of halogens is 1. The topological polar surface area (TPSA) is 66.5 Å². The van der Waals surface area contributed by atoms with Crippen molar-refractivity contribution >= 4 is 38.9 Å². The van der Waals surface area contributed by atoms with Crippen LogP contribution in [0.25, 0.3) is 0 Å². The molecule has 0 aliphatic carbocycles. The fourth-order valence-electron chi connectivity index (χ4n) is 3.31. The molecule has 2 aliphatic heterocycles. The second kappa shape index (κ2) is 5.50. The zero-order valence-electron chi connectivity index (χ0n) is 12.8. The summed E-state index contributed by atoms with van der Waals surface area (Å²) in [5.41, 5.74) is 3.24. The number of anilines is 2. The first kappa shape index (κ1) is 15.5. The van der Waals surface area contributed by atoms with Gasteiger partial charge in [-0.15, -0.1) is 0 Å². The van der Waals surface area contributed by atoms with Crippen LogP contribution in [0.4, 0.5) is 11.4 Å². The molecule has 1 amide bonds. The Balaban J connectivity index is 1.72. The molecular formula is C17H15ClN2O3S. The standard InChI is InChI=1S/C17H15ClN2O3S/c18-13-2-4-14(5-3-13)19-24(22,23)15-9-11-1-6-16(21)20-8-7-12(10-15)17(11)20/h2-5,9-10,19H,1,6-8H2. The molecule has 5 nitrogen and oxygen atoms in total. The quantitative estimate of drug-likeness (QED) is 0.912. The summed E-state index contributed by atoms with van der Waals surface area (Å²) in [6.07, 6.45) is 1.71. The largest absolute Gasteiger partial charge is 0.312 e. The van der Waals surface area contributed by atoms with Crippen molar-refractivity contribution in [1.82, 2.24) is 0 Å². The van der Waals surface area contributed by atoms with Crippen molar-refractivity contribution in [3.05, 3.63) is 52.5 Å². The third kappa shape index (κ3) is 2.56. The maximum atomic E-state index is 12.7. The summed E-state index contributed by atoms with van der Waals surface area (Å²) in [6.45, 7) is 0.634. The summed E-state index contributed by atoms with van der Waals surface area (Å²) in [4.78, 5) is 14.0. The predicted octanol–water partition coefficient (Wildman–Crippen LogP) is 2.98. The predicted molar refractivity (Wildman–Crippen MR) is 93.1 cm³/mol. The molecule has 7 heteroatoms. The van der Waals surface area contributed by atoms with E-state index in [4.69, 9.17) is 11.6 Å². The number of benzene rings is 2. The van der Waals surface area contributed by atoms with Gasteiger partial charge in [-0.25, -0.2) is 8.42 Å². The molecule has 0 aromatic heterocycles. The molecule has 2 aliphatic rings. The van der Waals surface area contributed by atoms with Gasteiger partial charge >= 0.3 is 0 Å². The fourth-order valence-corrected chi connectivity index (χ4v) is 4.60. The number of rotatable bonds is 3. The number of hydrogen-bond donors (Lipinski definition) is 1. The van der Waals surface area contributed by atoms with Gasteiger partial charge in [0.05, 0.1) is 10.6 Å². The lowest BCUT2D eigenvalue weighted by Crippen LogP contribution is -2.33. The maximum Gasteiger partial charge on any atom is 0.261 e. The number of hydrogen-bond acceptors (Lipinski definition) is 3. The highest BCUT2D eigenvalue weighted by Gasteiger charge is 2.32. The van der Waals surface area contributed by atoms with E-state index in [1.54, 1.807) is 41.3 Å². The van der Waals surface area contributed by atoms with E-state index in [0.717, 1.165) is 16.8 Å². The molecule has 2 aromatic carbocycles. The van der Waals surface area contributed by atoms with Crippen LogP contribution in [0.3, 0.4) is 0 Å². The Morgan fingerprint density at radius 2 is 1.67 bits per heavy atom. The van der Waals surface area contributed by atoms with Gasteiger partial charge in [0.15, 0.2) is 0 Å². The van der Waals surface area contributed by atoms with Crippen LogP contribution in [0.15, 0.2) is 41.3 Å². The molecule has 0 radical (unpaired) electrons. The van der Waals surface area contributed by atoms with Crippen LogP contribution < -0.4 is 9.62 Å². The molecule has 24 heavy (non-hydrogen) atoms. The molecule has 2 aromatic rings. The maximum absolute atomic E-state index is 12.7. The second-order valence-electron chi connectivity index (χ2n) is 6.00. The number of nitrogens with one attached hydrogen (secondary N) is 1. The van der Waals surface area contributed by atoms with Crippen molar-refractivity contribution in [3.8, 4) is 0 Å². The SMILES string of the molecule is O=C1CCc2cc(S(=O)(=O)Nc3ccc(Cl)cc3)cc3c2N1CC3. The third-order valence-electron chi connectivity index (χ3n) is 4.43. The molecule has 0 unspecified atom stereocenters. The molecule has 4 rings (SSSR count). The van der Waals surface area contributed by atoms with Gasteiger partial charge in [0.1, 0.15) is 0 Å². The first-order valence-corrected chi connectivity index (χ1v) is 9.55. The molecule has 2 heterocycles. The first-order chi connectivity index (χ1) is 11.4. The van der Waals surface area contributed by atoms with E-state index in [1.165, 1.54) is 0 Å². The monoisotopic (exact) mass is 362 g/mol. The van der Waals surface area contributed by atoms with Crippen LogP contribution in [0.1, 0.15) is 17.5 Å². The average Bonchev–Trinajstić information content (AvgIpc) is 2.98. The zero-order valence-corrected chi connectivity index (χ0v) is 14.3. The summed E-state index contributed by atoms with van der Waals surface area (Å²) < 4.78 is 28.0. The van der Waals surface area contributed by atoms with E-state index >= 15 is 0 Å². The lowest BCUT2D eigenvalue weighted by molar-refractivity contribution is -0.118. The number of sulfonamides is 1. The van der Waals surface area contributed by atoms with Crippen molar-refractivity contribution < 1.29 is 13.2 Å². The van der Waals surface area contributed by atoms with Crippen LogP contribution in [-0.4, -0.2) is 20.9 Å². The summed E-state index contributed by atoms with van der Waals surface area (Å²) in [7, 11) is -3.68. The lowest BCUT2D eigenvalue weighted by atomic mass is 10.00. The minimum atomic E-state index is -3.68. The smallest absolute Gasteiger partial charge is 0.261 e. The van der Waals surface area contributed by atoms with Crippen molar-refractivity contribution in [2.45, 2.75) is 24.2 Å². The van der Waals surface area contributed by atoms with Crippen molar-refractivity contribution in [2.24, 2.45) is 0 Å². The highest BCUT2D eigenvalue weighted by atomic mass is 35.5. The molecule has 0 bridgehead atoms. The summed E-state index contributed by atoms with van der Waals surface area (Å²) in [6, 6.07) is 9.87. The molecule has 0 spiro atoms. The van der Waals surface area contributed by atoms with Crippen LogP contribution >= 0.6 is 11.6 Å². The molecule has 0 fully saturated rings. The highest BCUT2D eigenvalue weighted by molar-refractivity contribution is 7.92. The number of nitrogens with zero attached hydrogens (tertiary/aromatic N) is 1. The Morgan fingerprint density at radius 1 is 1.00 bits per heavy atom. The van der Waals surface area contributed by atoms with Crippen LogP contribution in [0.2, 0.25) is 5.02 Å². The van der Waals surface area contributed by atoms with E-state index in [-0.39, 0.29) is 10.8 Å². The van der Waals surface area contributed by atoms with Gasteiger partial charge in [-0.3, -0.25) is 9.52 Å². The van der Waals surface area contributed by atoms with E-state index in [2.05, 4.69) is 4.72 Å². The number of carbonyl (C=O) groups is 1. The summed E-state index contributed by atoms with van der Waals surface area (Å²) >= 11 is 5.83. The van der Waals surface area contributed by atoms with Gasteiger partial charge in [-0.1, -0.05) is 11.6 Å². The van der Waals surface area contributed by atoms with Crippen LogP contribution in [0.5, 0.6) is 0 Å². The highest BCUT2D eigenvalue weighted by Crippen LogP contribution is 2.38. The van der Waals surface area contributed by atoms with Gasteiger partial charge in [0.25, 0.3) is 10.0 Å². The lowest BCUT2D eigenvalue weighted by Gasteiger charge is -2.25. The Kier molecular flexibility index (Phi) is 3.54. The first-order valence-electron chi connectivity index (χ1n) is 7.68. The Bertz CT molecular complexity index is 939. The van der Waals surface area contributed by atoms with E-state index < -0.39 is 10.0 Å². The summed E-state index contributed by atoms with van der Waals surface area (Å²) in [5, 5.41) is 0.546. The van der Waals surface area contributed by atoms with E-state index in [1.807, 2.05) is 0 Å². The Hall–Kier alpha value is -2.05. The van der Waals surface area contributed by atoms with Crippen LogP contribution in [0, 0.1) is 0 Å². The van der Waals surface area contributed by atoms with Crippen molar-refractivity contribution in [1.29, 1.82) is 0 Å². The fraction of sp³-hybridized carbons (Fsp3) is 0.235. The summed E-state index contributed by atoms with van der Waals surface area (Å²) in [5.74, 6) is 0.121. The van der Waals surface area contributed by atoms with Gasteiger partial charge < -0.3 is 4.90 Å². The van der Waals surface area contributed by atoms with Gasteiger partial charge in [0, 0.05) is 23.7 Å². The van der Waals surface area contributed by atoms with Gasteiger partial charge in [0.2, 0.25) is 5.91 Å². The zero-order chi connectivity index (χ0) is 16.9. The molecular weight excluding hydrogens is 348 g/mol. The number of carbonyl (C=O) groups excluding carboxylic acids is 1. The molecule has 0 saturated heterocycles. The average molecular weight is 363 g/mol. The molecule has 0 atom stereocenters. The van der Waals surface area contributed by atoms with E-state index in [9.17, 15) is 13.2 Å².